The lowest BCUT2D eigenvalue weighted by atomic mass is 10.1. The molecule has 1 atom stereocenters. The maximum atomic E-state index is 13.0. The summed E-state index contributed by atoms with van der Waals surface area (Å²) in [6.45, 7) is 2.61. The Hall–Kier alpha value is -3.02. The lowest BCUT2D eigenvalue weighted by molar-refractivity contribution is -0.117. The lowest BCUT2D eigenvalue weighted by Gasteiger charge is -2.16. The van der Waals surface area contributed by atoms with Gasteiger partial charge in [-0.15, -0.1) is 0 Å². The van der Waals surface area contributed by atoms with Crippen LogP contribution >= 0.6 is 0 Å². The highest BCUT2D eigenvalue weighted by atomic mass is 19.1. The molecule has 2 aromatic carbocycles. The molecule has 4 rings (SSSR count). The first-order chi connectivity index (χ1) is 12.6. The van der Waals surface area contributed by atoms with Gasteiger partial charge in [0.1, 0.15) is 5.82 Å². The SMILES string of the molecule is CCc1ccc(N2CC(c3nc(-c4ccc(F)cc4)no3)CC2=O)cc1. The average molecular weight is 351 g/mol. The number of carbonyl (C=O) groups is 1. The van der Waals surface area contributed by atoms with Crippen LogP contribution in [-0.2, 0) is 11.2 Å². The summed E-state index contributed by atoms with van der Waals surface area (Å²) in [6, 6.07) is 13.9. The van der Waals surface area contributed by atoms with E-state index < -0.39 is 0 Å². The van der Waals surface area contributed by atoms with Gasteiger partial charge in [0.05, 0.1) is 5.92 Å². The predicted octanol–water partition coefficient (Wildman–Crippen LogP) is 3.96. The summed E-state index contributed by atoms with van der Waals surface area (Å²) in [6.07, 6.45) is 1.30. The molecule has 6 heteroatoms. The van der Waals surface area contributed by atoms with Crippen LogP contribution in [0.1, 0.15) is 30.7 Å². The first-order valence-electron chi connectivity index (χ1n) is 8.63. The molecule has 1 aromatic heterocycles. The van der Waals surface area contributed by atoms with Crippen molar-refractivity contribution in [3.63, 3.8) is 0 Å². The van der Waals surface area contributed by atoms with Gasteiger partial charge in [0.25, 0.3) is 0 Å². The Bertz CT molecular complexity index is 919. The number of benzene rings is 2. The van der Waals surface area contributed by atoms with E-state index in [9.17, 15) is 9.18 Å². The predicted molar refractivity (Wildman–Crippen MR) is 95.2 cm³/mol. The highest BCUT2D eigenvalue weighted by Crippen LogP contribution is 2.32. The van der Waals surface area contributed by atoms with Crippen molar-refractivity contribution in [2.24, 2.45) is 0 Å². The van der Waals surface area contributed by atoms with Crippen LogP contribution in [0, 0.1) is 5.82 Å². The van der Waals surface area contributed by atoms with Gasteiger partial charge in [0, 0.05) is 24.2 Å². The molecule has 1 aliphatic heterocycles. The largest absolute Gasteiger partial charge is 0.339 e. The van der Waals surface area contributed by atoms with Gasteiger partial charge in [-0.1, -0.05) is 24.2 Å². The molecule has 0 bridgehead atoms. The number of carbonyl (C=O) groups excluding carboxylic acids is 1. The van der Waals surface area contributed by atoms with E-state index in [1.165, 1.54) is 17.7 Å². The van der Waals surface area contributed by atoms with Crippen molar-refractivity contribution in [3.05, 3.63) is 65.8 Å². The van der Waals surface area contributed by atoms with Crippen LogP contribution in [0.2, 0.25) is 0 Å². The number of halogens is 1. The van der Waals surface area contributed by atoms with Gasteiger partial charge in [-0.3, -0.25) is 4.79 Å². The molecular formula is C20H18FN3O2. The van der Waals surface area contributed by atoms with E-state index in [1.807, 2.05) is 24.3 Å². The van der Waals surface area contributed by atoms with E-state index in [2.05, 4.69) is 17.1 Å². The molecule has 0 spiro atoms. The molecule has 1 aliphatic rings. The number of aromatic nitrogens is 2. The summed E-state index contributed by atoms with van der Waals surface area (Å²) in [5.74, 6) is 0.419. The van der Waals surface area contributed by atoms with E-state index in [0.717, 1.165) is 12.1 Å². The molecule has 0 saturated carbocycles. The van der Waals surface area contributed by atoms with Crippen molar-refractivity contribution >= 4 is 11.6 Å². The van der Waals surface area contributed by atoms with Crippen molar-refractivity contribution < 1.29 is 13.7 Å². The topological polar surface area (TPSA) is 59.2 Å². The second-order valence-corrected chi connectivity index (χ2v) is 6.39. The second kappa shape index (κ2) is 6.71. The van der Waals surface area contributed by atoms with Crippen molar-refractivity contribution in [1.82, 2.24) is 10.1 Å². The van der Waals surface area contributed by atoms with Crippen molar-refractivity contribution in [1.29, 1.82) is 0 Å². The third kappa shape index (κ3) is 3.10. The number of amides is 1. The number of rotatable bonds is 4. The standard InChI is InChI=1S/C20H18FN3O2/c1-2-13-3-9-17(10-4-13)24-12-15(11-18(24)25)20-22-19(23-26-20)14-5-7-16(21)8-6-14/h3-10,15H,2,11-12H2,1H3. The summed E-state index contributed by atoms with van der Waals surface area (Å²) >= 11 is 0. The van der Waals surface area contributed by atoms with Crippen LogP contribution in [0.15, 0.2) is 53.1 Å². The molecular weight excluding hydrogens is 333 g/mol. The molecule has 0 radical (unpaired) electrons. The molecule has 1 unspecified atom stereocenters. The Balaban J connectivity index is 1.52. The molecule has 1 fully saturated rings. The van der Waals surface area contributed by atoms with E-state index >= 15 is 0 Å². The number of hydrogen-bond acceptors (Lipinski definition) is 4. The van der Waals surface area contributed by atoms with Crippen molar-refractivity contribution in [3.8, 4) is 11.4 Å². The maximum absolute atomic E-state index is 13.0. The molecule has 132 valence electrons. The van der Waals surface area contributed by atoms with Crippen LogP contribution < -0.4 is 4.90 Å². The monoisotopic (exact) mass is 351 g/mol. The molecule has 26 heavy (non-hydrogen) atoms. The number of nitrogens with zero attached hydrogens (tertiary/aromatic N) is 3. The zero-order chi connectivity index (χ0) is 18.1. The summed E-state index contributed by atoms with van der Waals surface area (Å²) < 4.78 is 18.4. The zero-order valence-electron chi connectivity index (χ0n) is 14.4. The second-order valence-electron chi connectivity index (χ2n) is 6.39. The van der Waals surface area contributed by atoms with Crippen LogP contribution in [-0.4, -0.2) is 22.6 Å². The fourth-order valence-corrected chi connectivity index (χ4v) is 3.15. The van der Waals surface area contributed by atoms with E-state index in [-0.39, 0.29) is 17.6 Å². The van der Waals surface area contributed by atoms with Gasteiger partial charge in [-0.25, -0.2) is 4.39 Å². The summed E-state index contributed by atoms with van der Waals surface area (Å²) in [5, 5.41) is 3.97. The molecule has 5 nitrogen and oxygen atoms in total. The van der Waals surface area contributed by atoms with E-state index in [4.69, 9.17) is 4.52 Å². The number of aryl methyl sites for hydroxylation is 1. The molecule has 1 amide bonds. The Morgan fingerprint density at radius 1 is 1.15 bits per heavy atom. The average Bonchev–Trinajstić information content (AvgIpc) is 3.29. The molecule has 3 aromatic rings. The number of anilines is 1. The van der Waals surface area contributed by atoms with E-state index in [0.29, 0.717) is 30.2 Å². The minimum absolute atomic E-state index is 0.0424. The first-order valence-corrected chi connectivity index (χ1v) is 8.63. The van der Waals surface area contributed by atoms with Crippen LogP contribution in [0.3, 0.4) is 0 Å². The molecule has 2 heterocycles. The van der Waals surface area contributed by atoms with Crippen LogP contribution in [0.4, 0.5) is 10.1 Å². The van der Waals surface area contributed by atoms with Crippen molar-refractivity contribution in [2.75, 3.05) is 11.4 Å². The Kier molecular flexibility index (Phi) is 4.24. The Labute approximate surface area is 150 Å². The lowest BCUT2D eigenvalue weighted by Crippen LogP contribution is -2.24. The third-order valence-corrected chi connectivity index (χ3v) is 4.67. The van der Waals surface area contributed by atoms with Crippen LogP contribution in [0.5, 0.6) is 0 Å². The van der Waals surface area contributed by atoms with E-state index in [1.54, 1.807) is 17.0 Å². The molecule has 1 saturated heterocycles. The van der Waals surface area contributed by atoms with Gasteiger partial charge in [0.2, 0.25) is 17.6 Å². The third-order valence-electron chi connectivity index (χ3n) is 4.67. The highest BCUT2D eigenvalue weighted by molar-refractivity contribution is 5.96. The zero-order valence-corrected chi connectivity index (χ0v) is 14.4. The Morgan fingerprint density at radius 2 is 1.88 bits per heavy atom. The van der Waals surface area contributed by atoms with Gasteiger partial charge in [-0.2, -0.15) is 4.98 Å². The smallest absolute Gasteiger partial charge is 0.232 e. The van der Waals surface area contributed by atoms with Gasteiger partial charge < -0.3 is 9.42 Å². The van der Waals surface area contributed by atoms with Crippen molar-refractivity contribution in [2.45, 2.75) is 25.7 Å². The minimum atomic E-state index is -0.316. The summed E-state index contributed by atoms with van der Waals surface area (Å²) in [5.41, 5.74) is 2.79. The quantitative estimate of drug-likeness (QED) is 0.714. The van der Waals surface area contributed by atoms with Gasteiger partial charge in [0.15, 0.2) is 0 Å². The normalized spacial score (nSPS) is 17.1. The summed E-state index contributed by atoms with van der Waals surface area (Å²) in [4.78, 5) is 18.6. The van der Waals surface area contributed by atoms with Crippen LogP contribution in [0.25, 0.3) is 11.4 Å². The van der Waals surface area contributed by atoms with Gasteiger partial charge >= 0.3 is 0 Å². The fraction of sp³-hybridized carbons (Fsp3) is 0.250. The molecule has 0 aliphatic carbocycles. The Morgan fingerprint density at radius 3 is 2.58 bits per heavy atom. The summed E-state index contributed by atoms with van der Waals surface area (Å²) in [7, 11) is 0. The maximum Gasteiger partial charge on any atom is 0.232 e. The van der Waals surface area contributed by atoms with Gasteiger partial charge in [-0.05, 0) is 48.4 Å². The molecule has 0 N–H and O–H groups in total. The first kappa shape index (κ1) is 16.4. The fourth-order valence-electron chi connectivity index (χ4n) is 3.15. The highest BCUT2D eigenvalue weighted by Gasteiger charge is 2.35. The minimum Gasteiger partial charge on any atom is -0.339 e. The number of hydrogen-bond donors (Lipinski definition) is 0.